The van der Waals surface area contributed by atoms with E-state index in [4.69, 9.17) is 40.1 Å². The lowest BCUT2D eigenvalue weighted by atomic mass is 9.83. The minimum atomic E-state index is -4.72. The summed E-state index contributed by atoms with van der Waals surface area (Å²) in [5.74, 6) is -0.904. The highest BCUT2D eigenvalue weighted by atomic mass is 35.5. The number of alkyl halides is 3. The van der Waals surface area contributed by atoms with E-state index in [0.717, 1.165) is 199 Å². The Labute approximate surface area is 681 Å². The number of nitriles is 1. The van der Waals surface area contributed by atoms with E-state index in [9.17, 15) is 45.5 Å². The van der Waals surface area contributed by atoms with Crippen molar-refractivity contribution >= 4 is 81.4 Å². The quantitative estimate of drug-likeness (QED) is 0.0316. The fourth-order valence-corrected chi connectivity index (χ4v) is 20.0. The minimum Gasteiger partial charge on any atom is -0.406 e. The second-order valence-electron chi connectivity index (χ2n) is 33.2. The summed E-state index contributed by atoms with van der Waals surface area (Å²) in [6.07, 6.45) is 8.54. The van der Waals surface area contributed by atoms with Gasteiger partial charge in [0.1, 0.15) is 23.2 Å². The van der Waals surface area contributed by atoms with Gasteiger partial charge >= 0.3 is 18.4 Å². The van der Waals surface area contributed by atoms with Crippen LogP contribution in [0.2, 0.25) is 15.1 Å². The molecule has 6 amide bonds. The Kier molecular flexibility index (Phi) is 27.2. The first kappa shape index (κ1) is 84.2. The molecule has 612 valence electrons. The van der Waals surface area contributed by atoms with Crippen LogP contribution in [-0.4, -0.2) is 214 Å². The number of urea groups is 2. The van der Waals surface area contributed by atoms with E-state index >= 15 is 0 Å². The van der Waals surface area contributed by atoms with Gasteiger partial charge in [-0.25, -0.2) is 22.8 Å². The number of halogens is 9. The Morgan fingerprint density at radius 2 is 0.930 bits per heavy atom. The zero-order valence-electron chi connectivity index (χ0n) is 65.6. The van der Waals surface area contributed by atoms with Crippen LogP contribution in [0.1, 0.15) is 119 Å². The van der Waals surface area contributed by atoms with Crippen LogP contribution in [-0.2, 0) is 25.8 Å². The molecule has 6 saturated carbocycles. The molecule has 3 aliphatic heterocycles. The van der Waals surface area contributed by atoms with Crippen molar-refractivity contribution in [2.45, 2.75) is 132 Å². The van der Waals surface area contributed by atoms with Gasteiger partial charge in [-0.2, -0.15) is 5.26 Å². The van der Waals surface area contributed by atoms with Gasteiger partial charge in [-0.15, -0.1) is 13.2 Å². The van der Waals surface area contributed by atoms with Crippen molar-refractivity contribution in [2.24, 2.45) is 29.6 Å². The van der Waals surface area contributed by atoms with E-state index in [0.29, 0.717) is 53.5 Å². The SMILES string of the molecule is CC(=O)Nc1cccc([C@@]23CC[C@@H](N(CCCN4CCN(C)CC4)C(=O)Nc4ccc(F)c(Cl)c4)[C@H]2C3)c1.CN1CCN(CCCC(C(=O)Nc2ccc(F)c(Cl)c2)[C@@H]2CC[C@]3(c4ccc(OC(F)(F)F)cc4)C[C@H]23)CC1.CN1CCN(CCCCN(C(=O)Nc2ccc(F)c(Cl)c2)[C@@H]2CC[C@]3(c4ccc(C#N)cc4)CC23)CC1. The topological polar surface area (TPSA) is 175 Å². The van der Waals surface area contributed by atoms with Crippen molar-refractivity contribution < 1.29 is 50.3 Å². The molecule has 114 heavy (non-hydrogen) atoms. The lowest BCUT2D eigenvalue weighted by molar-refractivity contribution is -0.274. The molecule has 3 heterocycles. The summed E-state index contributed by atoms with van der Waals surface area (Å²) >= 11 is 17.9. The number of benzene rings is 6. The van der Waals surface area contributed by atoms with Crippen molar-refractivity contribution in [3.05, 3.63) is 182 Å². The molecule has 0 radical (unpaired) electrons. The van der Waals surface area contributed by atoms with Crippen LogP contribution in [0.15, 0.2) is 127 Å². The average Bonchev–Trinajstić information content (AvgIpc) is 1.55. The van der Waals surface area contributed by atoms with Crippen LogP contribution in [0, 0.1) is 58.4 Å². The molecule has 10 atom stereocenters. The summed E-state index contributed by atoms with van der Waals surface area (Å²) in [6.45, 7) is 18.6. The maximum Gasteiger partial charge on any atom is 0.573 e. The molecule has 0 aromatic heterocycles. The number of amides is 6. The first-order valence-corrected chi connectivity index (χ1v) is 41.6. The third-order valence-electron chi connectivity index (χ3n) is 26.0. The van der Waals surface area contributed by atoms with Crippen LogP contribution < -0.4 is 26.0 Å². The number of carbonyl (C=O) groups is 4. The highest BCUT2D eigenvalue weighted by Gasteiger charge is 2.66. The molecular formula is C87H106Cl3F6N13O5. The van der Waals surface area contributed by atoms with Crippen LogP contribution in [0.5, 0.6) is 5.75 Å². The fourth-order valence-electron chi connectivity index (χ4n) is 19.5. The first-order chi connectivity index (χ1) is 54.7. The van der Waals surface area contributed by atoms with Gasteiger partial charge < -0.3 is 65.2 Å². The number of hydrogen-bond acceptors (Lipinski definition) is 12. The van der Waals surface area contributed by atoms with Gasteiger partial charge in [0.15, 0.2) is 0 Å². The Morgan fingerprint density at radius 3 is 1.39 bits per heavy atom. The molecule has 0 bridgehead atoms. The number of piperazine rings is 3. The van der Waals surface area contributed by atoms with Gasteiger partial charge in [0.2, 0.25) is 11.8 Å². The van der Waals surface area contributed by atoms with Crippen molar-refractivity contribution in [2.75, 3.05) is 154 Å². The largest absolute Gasteiger partial charge is 0.573 e. The van der Waals surface area contributed by atoms with Crippen LogP contribution >= 0.6 is 34.8 Å². The van der Waals surface area contributed by atoms with Crippen molar-refractivity contribution in [3.63, 3.8) is 0 Å². The predicted octanol–water partition coefficient (Wildman–Crippen LogP) is 16.7. The Hall–Kier alpha value is -7.70. The maximum atomic E-state index is 13.7. The number of likely N-dealkylation sites (N-methyl/N-ethyl adjacent to an activating group) is 3. The van der Waals surface area contributed by atoms with Gasteiger partial charge in [-0.3, -0.25) is 9.59 Å². The molecule has 27 heteroatoms. The average molecular weight is 1630 g/mol. The van der Waals surface area contributed by atoms with Gasteiger partial charge in [-0.1, -0.05) is 71.2 Å². The smallest absolute Gasteiger partial charge is 0.406 e. The lowest BCUT2D eigenvalue weighted by Crippen LogP contribution is -2.47. The number of nitrogens with zero attached hydrogens (tertiary/aromatic N) is 9. The van der Waals surface area contributed by atoms with Crippen LogP contribution in [0.25, 0.3) is 0 Å². The van der Waals surface area contributed by atoms with Crippen molar-refractivity contribution in [3.8, 4) is 11.8 Å². The standard InChI is InChI=1S/C29H34ClF4N3O2.C29H37ClFN5O2.C29H35ClFN5O/c1-36-13-15-37(16-14-36)12-2-3-23(27(38)35-20-6-9-26(31)25(30)17-20)22-10-11-28(18-24(22)28)19-4-7-21(8-5-19)39-29(32,33)34;1-20(37)32-22-6-3-5-21(17-22)29-10-9-27(24(29)19-29)36(12-4-11-35-15-13-34(2)14-16-35)28(38)33-23-7-8-26(31)25(30)18-23;1-34-14-16-35(17-15-34)12-2-3-13-36(28(37)33-23-8-9-26(31)25(30)18-23)27-10-11-29(19-24(27)29)22-6-4-21(20-32)5-7-22/h4-9,17,22-24H,2-3,10-16,18H2,1H3,(H,35,38);3,5-8,17-18,24,27H,4,9-16,19H2,1-2H3,(H,32,37)(H,33,38);4-9,18,24,27H,2-3,10-17,19H2,1H3,(H,33,37)/t22-,23?,24+,28+;24-,27-,29+;24?,27-,29-/m011/s1. The van der Waals surface area contributed by atoms with Gasteiger partial charge in [0.05, 0.1) is 26.7 Å². The molecule has 2 unspecified atom stereocenters. The molecule has 18 nitrogen and oxygen atoms in total. The Morgan fingerprint density at radius 1 is 0.509 bits per heavy atom. The number of hydrogen-bond donors (Lipinski definition) is 4. The summed E-state index contributed by atoms with van der Waals surface area (Å²) in [6, 6.07) is 37.3. The van der Waals surface area contributed by atoms with E-state index in [1.54, 1.807) is 24.3 Å². The number of anilines is 4. The van der Waals surface area contributed by atoms with Crippen molar-refractivity contribution in [1.29, 1.82) is 5.26 Å². The normalized spacial score (nSPS) is 25.5. The van der Waals surface area contributed by atoms with Gasteiger partial charge in [0, 0.05) is 150 Å². The van der Waals surface area contributed by atoms with E-state index in [1.165, 1.54) is 72.6 Å². The monoisotopic (exact) mass is 1630 g/mol. The Bertz CT molecular complexity index is 4390. The van der Waals surface area contributed by atoms with Crippen LogP contribution in [0.4, 0.5) is 58.7 Å². The number of fused-ring (bicyclic) bond motifs is 3. The van der Waals surface area contributed by atoms with E-state index in [2.05, 4.69) is 107 Å². The zero-order valence-corrected chi connectivity index (χ0v) is 67.8. The highest BCUT2D eigenvalue weighted by Crippen LogP contribution is 2.69. The summed E-state index contributed by atoms with van der Waals surface area (Å²) < 4.78 is 82.8. The van der Waals surface area contributed by atoms with Crippen molar-refractivity contribution in [1.82, 2.24) is 39.2 Å². The summed E-state index contributed by atoms with van der Waals surface area (Å²) in [7, 11) is 6.44. The summed E-state index contributed by atoms with van der Waals surface area (Å²) in [4.78, 5) is 70.8. The molecule has 0 spiro atoms. The van der Waals surface area contributed by atoms with Crippen LogP contribution in [0.3, 0.4) is 0 Å². The molecule has 15 rings (SSSR count). The Balaban J connectivity index is 0.000000149. The van der Waals surface area contributed by atoms with E-state index in [1.807, 2.05) is 34.1 Å². The second kappa shape index (κ2) is 36.9. The molecule has 9 aliphatic rings. The van der Waals surface area contributed by atoms with E-state index in [-0.39, 0.29) is 84.9 Å². The molecule has 3 saturated heterocycles. The molecule has 9 fully saturated rings. The number of ether oxygens (including phenoxy) is 1. The van der Waals surface area contributed by atoms with Gasteiger partial charge in [-0.05, 0) is 267 Å². The second-order valence-corrected chi connectivity index (χ2v) is 34.4. The highest BCUT2D eigenvalue weighted by molar-refractivity contribution is 6.31. The maximum absolute atomic E-state index is 13.7. The predicted molar refractivity (Wildman–Crippen MR) is 436 cm³/mol. The fraction of sp³-hybridized carbons (Fsp3) is 0.529. The number of unbranched alkanes of at least 4 members (excludes halogenated alkanes) is 1. The molecule has 6 aromatic rings. The zero-order chi connectivity index (χ0) is 80.6. The first-order valence-electron chi connectivity index (χ1n) is 40.5. The third kappa shape index (κ3) is 20.6. The lowest BCUT2D eigenvalue weighted by Gasteiger charge is -2.34. The van der Waals surface area contributed by atoms with Gasteiger partial charge in [0.25, 0.3) is 0 Å². The molecule has 6 aromatic carbocycles. The minimum absolute atomic E-state index is 0.000538. The molecule has 6 aliphatic carbocycles. The molecular weight excluding hydrogens is 1530 g/mol. The third-order valence-corrected chi connectivity index (χ3v) is 26.9. The number of carbonyl (C=O) groups excluding carboxylic acids is 4. The molecule has 4 N–H and O–H groups in total. The summed E-state index contributed by atoms with van der Waals surface area (Å²) in [5, 5.41) is 20.9. The summed E-state index contributed by atoms with van der Waals surface area (Å²) in [5.41, 5.74) is 6.53. The van der Waals surface area contributed by atoms with E-state index < -0.39 is 23.8 Å². The number of rotatable bonds is 25. The number of nitrogens with one attached hydrogen (secondary N) is 4.